The van der Waals surface area contributed by atoms with Crippen molar-refractivity contribution in [3.63, 3.8) is 0 Å². The van der Waals surface area contributed by atoms with E-state index in [1.807, 2.05) is 0 Å². The predicted molar refractivity (Wildman–Crippen MR) is 87.6 cm³/mol. The van der Waals surface area contributed by atoms with Crippen LogP contribution in [-0.4, -0.2) is 26.3 Å². The van der Waals surface area contributed by atoms with Gasteiger partial charge in [-0.1, -0.05) is 12.1 Å². The maximum Gasteiger partial charge on any atom is 0.279 e. The van der Waals surface area contributed by atoms with Gasteiger partial charge in [0.25, 0.3) is 5.91 Å². The number of anilines is 1. The third kappa shape index (κ3) is 3.18. The molecule has 24 heavy (non-hydrogen) atoms. The molecule has 1 amide bonds. The van der Waals surface area contributed by atoms with Gasteiger partial charge in [0.2, 0.25) is 0 Å². The molecule has 1 saturated carbocycles. The molecule has 1 fully saturated rings. The van der Waals surface area contributed by atoms with Crippen molar-refractivity contribution in [1.82, 2.24) is 20.4 Å². The van der Waals surface area contributed by atoms with Crippen molar-refractivity contribution >= 4 is 22.4 Å². The number of nitrogens with zero attached hydrogens (tertiary/aromatic N) is 3. The standard InChI is InChI=1S/C16H14FN5OS/c17-11-5-1-9(2-6-11)7-13-14(10-3-4-10)19-16(24-13)20-15(23)12-8-18-22-21-12/h1-2,5-6,8,10H,3-4,7H2,(H,18,21,22)(H,19,20,23). The maximum atomic E-state index is 13.1. The quantitative estimate of drug-likeness (QED) is 0.745. The fourth-order valence-electron chi connectivity index (χ4n) is 2.48. The Morgan fingerprint density at radius 2 is 2.12 bits per heavy atom. The number of H-pyrrole nitrogens is 1. The number of amides is 1. The molecule has 8 heteroatoms. The highest BCUT2D eigenvalue weighted by Crippen LogP contribution is 2.44. The van der Waals surface area contributed by atoms with E-state index in [-0.39, 0.29) is 17.4 Å². The van der Waals surface area contributed by atoms with Crippen LogP contribution in [0, 0.1) is 5.82 Å². The van der Waals surface area contributed by atoms with Gasteiger partial charge in [-0.05, 0) is 30.5 Å². The zero-order valence-corrected chi connectivity index (χ0v) is 13.4. The van der Waals surface area contributed by atoms with Crippen LogP contribution in [0.1, 0.15) is 45.4 Å². The first-order valence-corrected chi connectivity index (χ1v) is 8.42. The number of thiazole rings is 1. The number of aromatic nitrogens is 4. The summed E-state index contributed by atoms with van der Waals surface area (Å²) in [5.74, 6) is -0.117. The summed E-state index contributed by atoms with van der Waals surface area (Å²) in [6.07, 6.45) is 4.29. The minimum atomic E-state index is -0.340. The summed E-state index contributed by atoms with van der Waals surface area (Å²) in [6, 6.07) is 6.47. The van der Waals surface area contributed by atoms with E-state index in [0.717, 1.165) is 29.0 Å². The second kappa shape index (κ2) is 6.12. The van der Waals surface area contributed by atoms with Crippen molar-refractivity contribution in [2.75, 3.05) is 5.32 Å². The molecule has 0 spiro atoms. The molecule has 2 heterocycles. The maximum absolute atomic E-state index is 13.1. The van der Waals surface area contributed by atoms with Gasteiger partial charge in [-0.3, -0.25) is 10.1 Å². The van der Waals surface area contributed by atoms with Crippen molar-refractivity contribution in [1.29, 1.82) is 0 Å². The fourth-order valence-corrected chi connectivity index (χ4v) is 3.56. The Kier molecular flexibility index (Phi) is 3.81. The molecule has 0 saturated heterocycles. The lowest BCUT2D eigenvalue weighted by Gasteiger charge is -2.01. The summed E-state index contributed by atoms with van der Waals surface area (Å²) in [7, 11) is 0. The molecule has 1 aliphatic carbocycles. The van der Waals surface area contributed by atoms with Crippen LogP contribution in [-0.2, 0) is 6.42 Å². The third-order valence-corrected chi connectivity index (χ3v) is 4.82. The summed E-state index contributed by atoms with van der Waals surface area (Å²) in [5, 5.41) is 13.1. The SMILES string of the molecule is O=C(Nc1nc(C2CC2)c(Cc2ccc(F)cc2)s1)c1cn[nH]n1. The zero-order valence-electron chi connectivity index (χ0n) is 12.6. The topological polar surface area (TPSA) is 83.6 Å². The highest BCUT2D eigenvalue weighted by molar-refractivity contribution is 7.16. The molecule has 0 aliphatic heterocycles. The fraction of sp³-hybridized carbons (Fsp3) is 0.250. The van der Waals surface area contributed by atoms with Crippen LogP contribution < -0.4 is 5.32 Å². The Bertz CT molecular complexity index is 855. The van der Waals surface area contributed by atoms with E-state index in [1.165, 1.54) is 29.7 Å². The molecule has 0 atom stereocenters. The van der Waals surface area contributed by atoms with Crippen molar-refractivity contribution in [2.24, 2.45) is 0 Å². The number of rotatable bonds is 5. The van der Waals surface area contributed by atoms with Gasteiger partial charge in [0.1, 0.15) is 5.82 Å². The summed E-state index contributed by atoms with van der Waals surface area (Å²) >= 11 is 1.46. The monoisotopic (exact) mass is 343 g/mol. The number of nitrogens with one attached hydrogen (secondary N) is 2. The summed E-state index contributed by atoms with van der Waals surface area (Å²) in [6.45, 7) is 0. The highest BCUT2D eigenvalue weighted by atomic mass is 32.1. The molecular weight excluding hydrogens is 329 g/mol. The number of hydrogen-bond acceptors (Lipinski definition) is 5. The first kappa shape index (κ1) is 14.9. The van der Waals surface area contributed by atoms with Gasteiger partial charge < -0.3 is 0 Å². The molecule has 6 nitrogen and oxygen atoms in total. The highest BCUT2D eigenvalue weighted by Gasteiger charge is 2.30. The Labute approximate surface area is 141 Å². The molecule has 1 aliphatic rings. The second-order valence-corrected chi connectivity index (χ2v) is 6.80. The van der Waals surface area contributed by atoms with Crippen molar-refractivity contribution in [3.8, 4) is 0 Å². The van der Waals surface area contributed by atoms with Gasteiger partial charge in [-0.15, -0.1) is 11.3 Å². The lowest BCUT2D eigenvalue weighted by molar-refractivity contribution is 0.102. The largest absolute Gasteiger partial charge is 0.296 e. The summed E-state index contributed by atoms with van der Waals surface area (Å²) in [5.41, 5.74) is 2.29. The molecule has 0 bridgehead atoms. The van der Waals surface area contributed by atoms with Gasteiger partial charge in [0, 0.05) is 17.2 Å². The van der Waals surface area contributed by atoms with E-state index in [1.54, 1.807) is 12.1 Å². The van der Waals surface area contributed by atoms with E-state index in [9.17, 15) is 9.18 Å². The van der Waals surface area contributed by atoms with Gasteiger partial charge >= 0.3 is 0 Å². The van der Waals surface area contributed by atoms with Crippen LogP contribution in [0.5, 0.6) is 0 Å². The number of halogens is 1. The van der Waals surface area contributed by atoms with E-state index in [0.29, 0.717) is 17.5 Å². The van der Waals surface area contributed by atoms with Crippen LogP contribution in [0.25, 0.3) is 0 Å². The average Bonchev–Trinajstić information content (AvgIpc) is 3.11. The van der Waals surface area contributed by atoms with Gasteiger partial charge in [0.05, 0.1) is 11.9 Å². The third-order valence-electron chi connectivity index (χ3n) is 3.84. The van der Waals surface area contributed by atoms with Gasteiger partial charge in [-0.25, -0.2) is 9.37 Å². The molecule has 122 valence electrons. The van der Waals surface area contributed by atoms with Gasteiger partial charge in [-0.2, -0.15) is 15.4 Å². The Morgan fingerprint density at radius 1 is 1.33 bits per heavy atom. The Balaban J connectivity index is 1.56. The van der Waals surface area contributed by atoms with E-state index in [2.05, 4.69) is 25.7 Å². The van der Waals surface area contributed by atoms with Crippen LogP contribution in [0.3, 0.4) is 0 Å². The molecule has 4 rings (SSSR count). The Hall–Kier alpha value is -2.61. The molecule has 3 aromatic rings. The van der Waals surface area contributed by atoms with Crippen LogP contribution >= 0.6 is 11.3 Å². The number of carbonyl (C=O) groups is 1. The van der Waals surface area contributed by atoms with Crippen molar-refractivity contribution < 1.29 is 9.18 Å². The number of carbonyl (C=O) groups excluding carboxylic acids is 1. The number of aromatic amines is 1. The van der Waals surface area contributed by atoms with Crippen LogP contribution in [0.2, 0.25) is 0 Å². The zero-order chi connectivity index (χ0) is 16.5. The van der Waals surface area contributed by atoms with Crippen LogP contribution in [0.4, 0.5) is 9.52 Å². The number of benzene rings is 1. The minimum absolute atomic E-state index is 0.221. The Morgan fingerprint density at radius 3 is 2.79 bits per heavy atom. The minimum Gasteiger partial charge on any atom is -0.296 e. The second-order valence-electron chi connectivity index (χ2n) is 5.71. The van der Waals surface area contributed by atoms with Crippen molar-refractivity contribution in [2.45, 2.75) is 25.2 Å². The average molecular weight is 343 g/mol. The first-order chi connectivity index (χ1) is 11.7. The van der Waals surface area contributed by atoms with E-state index < -0.39 is 0 Å². The predicted octanol–water partition coefficient (Wildman–Crippen LogP) is 3.12. The van der Waals surface area contributed by atoms with Gasteiger partial charge in [0.15, 0.2) is 10.8 Å². The smallest absolute Gasteiger partial charge is 0.279 e. The number of hydrogen-bond donors (Lipinski definition) is 2. The van der Waals surface area contributed by atoms with E-state index >= 15 is 0 Å². The molecule has 1 aromatic carbocycles. The summed E-state index contributed by atoms with van der Waals surface area (Å²) in [4.78, 5) is 17.8. The molecule has 2 aromatic heterocycles. The molecule has 2 N–H and O–H groups in total. The lowest BCUT2D eigenvalue weighted by atomic mass is 10.1. The van der Waals surface area contributed by atoms with Crippen LogP contribution in [0.15, 0.2) is 30.5 Å². The first-order valence-electron chi connectivity index (χ1n) is 7.60. The molecule has 0 unspecified atom stereocenters. The van der Waals surface area contributed by atoms with Crippen molar-refractivity contribution in [3.05, 3.63) is 58.1 Å². The molecule has 0 radical (unpaired) electrons. The normalized spacial score (nSPS) is 13.9. The summed E-state index contributed by atoms with van der Waals surface area (Å²) < 4.78 is 13.1. The molecular formula is C16H14FN5OS. The van der Waals surface area contributed by atoms with E-state index in [4.69, 9.17) is 0 Å². The lowest BCUT2D eigenvalue weighted by Crippen LogP contribution is -2.12.